The number of carboxylic acids is 1. The third-order valence-electron chi connectivity index (χ3n) is 3.50. The average Bonchev–Trinajstić information content (AvgIpc) is 3.04. The zero-order chi connectivity index (χ0) is 13.8. The molecule has 19 heavy (non-hydrogen) atoms. The number of nitrogens with one attached hydrogen (secondary N) is 1. The first-order valence-corrected chi connectivity index (χ1v) is 6.47. The molecular formula is C12H18N2O5. The summed E-state index contributed by atoms with van der Waals surface area (Å²) in [6.07, 6.45) is 1.23. The van der Waals surface area contributed by atoms with Crippen molar-refractivity contribution in [2.24, 2.45) is 11.1 Å². The zero-order valence-electron chi connectivity index (χ0n) is 10.8. The van der Waals surface area contributed by atoms with E-state index in [-0.39, 0.29) is 24.1 Å². The molecule has 2 N–H and O–H groups in total. The van der Waals surface area contributed by atoms with Crippen molar-refractivity contribution in [1.29, 1.82) is 0 Å². The Labute approximate surface area is 110 Å². The van der Waals surface area contributed by atoms with E-state index in [4.69, 9.17) is 14.7 Å². The fraction of sp³-hybridized carbons (Fsp3) is 0.750. The van der Waals surface area contributed by atoms with Crippen LogP contribution in [-0.2, 0) is 19.2 Å². The Morgan fingerprint density at radius 3 is 2.95 bits per heavy atom. The molecule has 0 aromatic carbocycles. The van der Waals surface area contributed by atoms with E-state index >= 15 is 0 Å². The Balaban J connectivity index is 1.75. The maximum absolute atomic E-state index is 11.8. The van der Waals surface area contributed by atoms with Crippen LogP contribution in [0.1, 0.15) is 26.2 Å². The quantitative estimate of drug-likeness (QED) is 0.741. The van der Waals surface area contributed by atoms with E-state index in [2.05, 4.69) is 17.4 Å². The highest BCUT2D eigenvalue weighted by atomic mass is 16.6. The number of aliphatic carboxylic acids is 1. The van der Waals surface area contributed by atoms with Crippen molar-refractivity contribution in [3.05, 3.63) is 0 Å². The van der Waals surface area contributed by atoms with Gasteiger partial charge in [0.2, 0.25) is 6.10 Å². The summed E-state index contributed by atoms with van der Waals surface area (Å²) in [4.78, 5) is 27.3. The zero-order valence-corrected chi connectivity index (χ0v) is 10.8. The number of hydrogen-bond donors (Lipinski definition) is 2. The standard InChI is InChI=1S/C12H18N2O5/c1-2-9-7(3-4-18-9)6-13-11(15)10-5-8(12(16)17)14-19-10/h7,9-10H,2-6H2,1H3,(H,13,15)(H,16,17). The van der Waals surface area contributed by atoms with E-state index in [1.54, 1.807) is 0 Å². The molecule has 106 valence electrons. The van der Waals surface area contributed by atoms with E-state index in [9.17, 15) is 9.59 Å². The SMILES string of the molecule is CCC1OCCC1CNC(=O)C1CC(C(=O)O)=NO1. The minimum Gasteiger partial charge on any atom is -0.477 e. The van der Waals surface area contributed by atoms with Crippen LogP contribution >= 0.6 is 0 Å². The highest BCUT2D eigenvalue weighted by Gasteiger charge is 2.33. The molecule has 0 spiro atoms. The van der Waals surface area contributed by atoms with Crippen molar-refractivity contribution in [2.45, 2.75) is 38.4 Å². The Kier molecular flexibility index (Phi) is 4.36. The normalized spacial score (nSPS) is 29.7. The summed E-state index contributed by atoms with van der Waals surface area (Å²) in [5.74, 6) is -1.15. The molecule has 1 amide bonds. The van der Waals surface area contributed by atoms with Gasteiger partial charge >= 0.3 is 5.97 Å². The molecule has 0 saturated carbocycles. The topological polar surface area (TPSA) is 97.2 Å². The van der Waals surface area contributed by atoms with Crippen LogP contribution in [0, 0.1) is 5.92 Å². The molecule has 2 heterocycles. The summed E-state index contributed by atoms with van der Waals surface area (Å²) in [5.41, 5.74) is -0.115. The third kappa shape index (κ3) is 3.23. The summed E-state index contributed by atoms with van der Waals surface area (Å²) in [6, 6.07) is 0. The van der Waals surface area contributed by atoms with Crippen LogP contribution in [0.5, 0.6) is 0 Å². The van der Waals surface area contributed by atoms with Gasteiger partial charge in [0.25, 0.3) is 5.91 Å². The Morgan fingerprint density at radius 2 is 2.32 bits per heavy atom. The molecule has 1 fully saturated rings. The molecule has 0 radical (unpaired) electrons. The van der Waals surface area contributed by atoms with E-state index in [0.29, 0.717) is 12.5 Å². The minimum absolute atomic E-state index is 0.0134. The second-order valence-electron chi connectivity index (χ2n) is 4.75. The van der Waals surface area contributed by atoms with Crippen LogP contribution in [0.25, 0.3) is 0 Å². The van der Waals surface area contributed by atoms with Gasteiger partial charge in [0.05, 0.1) is 6.10 Å². The average molecular weight is 270 g/mol. The molecule has 3 unspecified atom stereocenters. The molecule has 2 aliphatic rings. The van der Waals surface area contributed by atoms with Crippen molar-refractivity contribution < 1.29 is 24.3 Å². The molecule has 0 aliphatic carbocycles. The fourth-order valence-electron chi connectivity index (χ4n) is 2.37. The van der Waals surface area contributed by atoms with Crippen molar-refractivity contribution in [3.8, 4) is 0 Å². The first-order valence-electron chi connectivity index (χ1n) is 6.47. The maximum Gasteiger partial charge on any atom is 0.353 e. The molecule has 2 aliphatic heterocycles. The summed E-state index contributed by atoms with van der Waals surface area (Å²) in [5, 5.41) is 14.9. The van der Waals surface area contributed by atoms with Gasteiger partial charge in [-0.05, 0) is 12.8 Å². The Morgan fingerprint density at radius 1 is 1.53 bits per heavy atom. The van der Waals surface area contributed by atoms with Gasteiger partial charge in [-0.2, -0.15) is 0 Å². The maximum atomic E-state index is 11.8. The van der Waals surface area contributed by atoms with Gasteiger partial charge in [-0.3, -0.25) is 4.79 Å². The molecular weight excluding hydrogens is 252 g/mol. The van der Waals surface area contributed by atoms with Crippen LogP contribution in [0.15, 0.2) is 5.16 Å². The highest BCUT2D eigenvalue weighted by molar-refractivity contribution is 6.36. The first-order chi connectivity index (χ1) is 9.11. The van der Waals surface area contributed by atoms with E-state index in [1.807, 2.05) is 0 Å². The van der Waals surface area contributed by atoms with Gasteiger partial charge < -0.3 is 20.0 Å². The summed E-state index contributed by atoms with van der Waals surface area (Å²) in [7, 11) is 0. The lowest BCUT2D eigenvalue weighted by Gasteiger charge is -2.18. The molecule has 3 atom stereocenters. The van der Waals surface area contributed by atoms with E-state index in [1.165, 1.54) is 0 Å². The van der Waals surface area contributed by atoms with Crippen molar-refractivity contribution in [3.63, 3.8) is 0 Å². The first kappa shape index (κ1) is 13.8. The van der Waals surface area contributed by atoms with Crippen LogP contribution in [0.2, 0.25) is 0 Å². The predicted octanol–water partition coefficient (Wildman–Crippen LogP) is 0.147. The van der Waals surface area contributed by atoms with E-state index in [0.717, 1.165) is 19.4 Å². The van der Waals surface area contributed by atoms with Crippen molar-refractivity contribution in [1.82, 2.24) is 5.32 Å². The van der Waals surface area contributed by atoms with Crippen LogP contribution < -0.4 is 5.32 Å². The van der Waals surface area contributed by atoms with Gasteiger partial charge in [0.1, 0.15) is 0 Å². The smallest absolute Gasteiger partial charge is 0.353 e. The van der Waals surface area contributed by atoms with E-state index < -0.39 is 12.1 Å². The van der Waals surface area contributed by atoms with Gasteiger partial charge in [0.15, 0.2) is 5.71 Å². The molecule has 7 nitrogen and oxygen atoms in total. The number of carboxylic acid groups (broad SMARTS) is 1. The fourth-order valence-corrected chi connectivity index (χ4v) is 2.37. The summed E-state index contributed by atoms with van der Waals surface area (Å²) in [6.45, 7) is 3.31. The van der Waals surface area contributed by atoms with Crippen molar-refractivity contribution in [2.75, 3.05) is 13.2 Å². The number of amides is 1. The number of rotatable bonds is 5. The van der Waals surface area contributed by atoms with Crippen molar-refractivity contribution >= 4 is 17.6 Å². The largest absolute Gasteiger partial charge is 0.477 e. The highest BCUT2D eigenvalue weighted by Crippen LogP contribution is 2.22. The second-order valence-corrected chi connectivity index (χ2v) is 4.75. The van der Waals surface area contributed by atoms with Gasteiger partial charge in [-0.1, -0.05) is 12.1 Å². The molecule has 1 saturated heterocycles. The summed E-state index contributed by atoms with van der Waals surface area (Å²) < 4.78 is 5.54. The third-order valence-corrected chi connectivity index (χ3v) is 3.50. The molecule has 0 aromatic rings. The predicted molar refractivity (Wildman–Crippen MR) is 65.7 cm³/mol. The number of carbonyl (C=O) groups is 2. The van der Waals surface area contributed by atoms with Gasteiger partial charge in [0, 0.05) is 25.5 Å². The Bertz CT molecular complexity index is 396. The van der Waals surface area contributed by atoms with Crippen LogP contribution in [0.4, 0.5) is 0 Å². The lowest BCUT2D eigenvalue weighted by Crippen LogP contribution is -2.39. The molecule has 7 heteroatoms. The molecule has 2 rings (SSSR count). The lowest BCUT2D eigenvalue weighted by atomic mass is 9.99. The van der Waals surface area contributed by atoms with Crippen LogP contribution in [-0.4, -0.2) is 48.1 Å². The number of nitrogens with zero attached hydrogens (tertiary/aromatic N) is 1. The summed E-state index contributed by atoms with van der Waals surface area (Å²) >= 11 is 0. The molecule has 0 aromatic heterocycles. The number of hydrogen-bond acceptors (Lipinski definition) is 5. The van der Waals surface area contributed by atoms with Gasteiger partial charge in [-0.15, -0.1) is 0 Å². The monoisotopic (exact) mass is 270 g/mol. The van der Waals surface area contributed by atoms with Crippen LogP contribution in [0.3, 0.4) is 0 Å². The van der Waals surface area contributed by atoms with Gasteiger partial charge in [-0.25, -0.2) is 4.79 Å². The number of oxime groups is 1. The number of carbonyl (C=O) groups excluding carboxylic acids is 1. The second kappa shape index (κ2) is 6.01. The number of ether oxygens (including phenoxy) is 1. The lowest BCUT2D eigenvalue weighted by molar-refractivity contribution is -0.131. The minimum atomic E-state index is -1.15. The molecule has 0 bridgehead atoms. The Hall–Kier alpha value is -1.63.